The van der Waals surface area contributed by atoms with Gasteiger partial charge < -0.3 is 10.4 Å². The Kier molecular flexibility index (Phi) is 5.94. The van der Waals surface area contributed by atoms with Crippen molar-refractivity contribution in [2.24, 2.45) is 5.92 Å². The van der Waals surface area contributed by atoms with E-state index in [4.69, 9.17) is 5.11 Å². The van der Waals surface area contributed by atoms with Crippen molar-refractivity contribution in [3.8, 4) is 0 Å². The number of hydrogen-bond donors (Lipinski definition) is 2. The van der Waals surface area contributed by atoms with E-state index in [1.165, 1.54) is 4.31 Å². The van der Waals surface area contributed by atoms with Crippen molar-refractivity contribution in [3.63, 3.8) is 0 Å². The van der Waals surface area contributed by atoms with Crippen LogP contribution in [0.25, 0.3) is 0 Å². The van der Waals surface area contributed by atoms with Crippen LogP contribution < -0.4 is 5.32 Å². The van der Waals surface area contributed by atoms with Crippen LogP contribution in [0.2, 0.25) is 0 Å². The molecule has 0 radical (unpaired) electrons. The Morgan fingerprint density at radius 3 is 2.60 bits per heavy atom. The largest absolute Gasteiger partial charge is 0.481 e. The number of carboxylic acids is 1. The molecule has 1 amide bonds. The van der Waals surface area contributed by atoms with Crippen LogP contribution >= 0.6 is 0 Å². The molecule has 0 saturated carbocycles. The number of amides is 1. The molecule has 0 aromatic rings. The number of sulfonamides is 1. The smallest absolute Gasteiger partial charge is 0.303 e. The van der Waals surface area contributed by atoms with Crippen LogP contribution in [0, 0.1) is 5.92 Å². The van der Waals surface area contributed by atoms with Crippen LogP contribution in [0.1, 0.15) is 32.6 Å². The third-order valence-electron chi connectivity index (χ3n) is 3.54. The van der Waals surface area contributed by atoms with E-state index in [0.29, 0.717) is 25.8 Å². The fraction of sp³-hybridized carbons (Fsp3) is 0.833. The van der Waals surface area contributed by atoms with Gasteiger partial charge >= 0.3 is 5.97 Å². The van der Waals surface area contributed by atoms with Gasteiger partial charge in [-0.1, -0.05) is 13.3 Å². The molecule has 116 valence electrons. The molecule has 0 aromatic heterocycles. The molecule has 0 spiro atoms. The van der Waals surface area contributed by atoms with Gasteiger partial charge in [0.15, 0.2) is 0 Å². The minimum absolute atomic E-state index is 0.00274. The van der Waals surface area contributed by atoms with Gasteiger partial charge in [-0.25, -0.2) is 8.42 Å². The highest BCUT2D eigenvalue weighted by Crippen LogP contribution is 2.20. The van der Waals surface area contributed by atoms with Crippen molar-refractivity contribution >= 4 is 21.9 Å². The molecule has 1 heterocycles. The predicted octanol–water partition coefficient (Wildman–Crippen LogP) is 0.0275. The molecule has 7 nitrogen and oxygen atoms in total. The second-order valence-corrected chi connectivity index (χ2v) is 7.08. The highest BCUT2D eigenvalue weighted by molar-refractivity contribution is 7.88. The summed E-state index contributed by atoms with van der Waals surface area (Å²) in [4.78, 5) is 22.7. The Hall–Kier alpha value is -1.15. The summed E-state index contributed by atoms with van der Waals surface area (Å²) in [5, 5.41) is 11.4. The van der Waals surface area contributed by atoms with Gasteiger partial charge in [-0.3, -0.25) is 9.59 Å². The minimum atomic E-state index is -3.38. The zero-order valence-electron chi connectivity index (χ0n) is 11.8. The molecule has 8 heteroatoms. The Balaban J connectivity index is 2.56. The van der Waals surface area contributed by atoms with Crippen molar-refractivity contribution in [2.45, 2.75) is 38.6 Å². The van der Waals surface area contributed by atoms with Gasteiger partial charge in [0.1, 0.15) is 6.04 Å². The summed E-state index contributed by atoms with van der Waals surface area (Å²) in [6.45, 7) is 2.48. The fourth-order valence-corrected chi connectivity index (χ4v) is 3.49. The first-order valence-electron chi connectivity index (χ1n) is 6.72. The highest BCUT2D eigenvalue weighted by atomic mass is 32.2. The first-order valence-corrected chi connectivity index (χ1v) is 8.56. The van der Waals surface area contributed by atoms with E-state index >= 15 is 0 Å². The summed E-state index contributed by atoms with van der Waals surface area (Å²) in [5.74, 6) is -1.37. The molecule has 0 bridgehead atoms. The van der Waals surface area contributed by atoms with Gasteiger partial charge in [0.05, 0.1) is 6.26 Å². The van der Waals surface area contributed by atoms with E-state index in [0.717, 1.165) is 6.26 Å². The van der Waals surface area contributed by atoms with E-state index in [-0.39, 0.29) is 24.8 Å². The van der Waals surface area contributed by atoms with Crippen LogP contribution in [-0.4, -0.2) is 55.1 Å². The highest BCUT2D eigenvalue weighted by Gasteiger charge is 2.36. The maximum Gasteiger partial charge on any atom is 0.303 e. The number of nitrogens with zero attached hydrogens (tertiary/aromatic N) is 1. The minimum Gasteiger partial charge on any atom is -0.481 e. The molecular formula is C12H22N2O5S. The molecule has 2 unspecified atom stereocenters. The monoisotopic (exact) mass is 306 g/mol. The number of rotatable bonds is 7. The van der Waals surface area contributed by atoms with E-state index in [2.05, 4.69) is 5.32 Å². The molecule has 1 aliphatic heterocycles. The fourth-order valence-electron chi connectivity index (χ4n) is 2.37. The maximum absolute atomic E-state index is 12.0. The van der Waals surface area contributed by atoms with Gasteiger partial charge in [0.25, 0.3) is 0 Å². The van der Waals surface area contributed by atoms with Gasteiger partial charge in [-0.15, -0.1) is 0 Å². The lowest BCUT2D eigenvalue weighted by Crippen LogP contribution is -2.46. The normalized spacial score (nSPS) is 21.6. The summed E-state index contributed by atoms with van der Waals surface area (Å²) in [6, 6.07) is -0.660. The van der Waals surface area contributed by atoms with Crippen molar-refractivity contribution in [2.75, 3.05) is 19.3 Å². The summed E-state index contributed by atoms with van der Waals surface area (Å²) >= 11 is 0. The van der Waals surface area contributed by atoms with Crippen molar-refractivity contribution < 1.29 is 23.1 Å². The maximum atomic E-state index is 12.0. The van der Waals surface area contributed by atoms with Crippen molar-refractivity contribution in [1.82, 2.24) is 9.62 Å². The first kappa shape index (κ1) is 16.9. The summed E-state index contributed by atoms with van der Waals surface area (Å²) in [7, 11) is -3.38. The van der Waals surface area contributed by atoms with Crippen molar-refractivity contribution in [3.05, 3.63) is 0 Å². The number of aliphatic carboxylic acids is 1. The van der Waals surface area contributed by atoms with Gasteiger partial charge in [0, 0.05) is 19.5 Å². The van der Waals surface area contributed by atoms with Crippen LogP contribution in [0.5, 0.6) is 0 Å². The van der Waals surface area contributed by atoms with Crippen LogP contribution in [-0.2, 0) is 19.6 Å². The molecule has 20 heavy (non-hydrogen) atoms. The zero-order valence-corrected chi connectivity index (χ0v) is 12.6. The molecule has 2 N–H and O–H groups in total. The Labute approximate surface area is 119 Å². The first-order chi connectivity index (χ1) is 9.25. The standard InChI is InChI=1S/C12H22N2O5S/c1-3-9(7-11(15)16)8-13-12(17)10-5-4-6-14(10)20(2,18)19/h9-10H,3-8H2,1-2H3,(H,13,17)(H,15,16). The zero-order chi connectivity index (χ0) is 15.3. The summed E-state index contributed by atoms with van der Waals surface area (Å²) in [5.41, 5.74) is 0. The summed E-state index contributed by atoms with van der Waals surface area (Å²) < 4.78 is 24.3. The number of hydrogen-bond acceptors (Lipinski definition) is 4. The SMILES string of the molecule is CCC(CNC(=O)C1CCCN1S(C)(=O)=O)CC(=O)O. The Morgan fingerprint density at radius 2 is 2.10 bits per heavy atom. The lowest BCUT2D eigenvalue weighted by Gasteiger charge is -2.22. The molecular weight excluding hydrogens is 284 g/mol. The average molecular weight is 306 g/mol. The Morgan fingerprint density at radius 1 is 1.45 bits per heavy atom. The second kappa shape index (κ2) is 7.03. The van der Waals surface area contributed by atoms with Gasteiger partial charge in [-0.05, 0) is 18.8 Å². The molecule has 1 rings (SSSR count). The molecule has 2 atom stereocenters. The molecule has 1 aliphatic rings. The molecule has 1 saturated heterocycles. The van der Waals surface area contributed by atoms with E-state index in [1.54, 1.807) is 0 Å². The number of carboxylic acid groups (broad SMARTS) is 1. The van der Waals surface area contributed by atoms with Gasteiger partial charge in [0.2, 0.25) is 15.9 Å². The van der Waals surface area contributed by atoms with E-state index in [1.807, 2.05) is 6.92 Å². The second-order valence-electron chi connectivity index (χ2n) is 5.15. The third-order valence-corrected chi connectivity index (χ3v) is 4.83. The molecule has 0 aliphatic carbocycles. The predicted molar refractivity (Wildman–Crippen MR) is 73.6 cm³/mol. The van der Waals surface area contributed by atoms with Gasteiger partial charge in [-0.2, -0.15) is 4.31 Å². The lowest BCUT2D eigenvalue weighted by atomic mass is 10.0. The molecule has 1 fully saturated rings. The number of carbonyl (C=O) groups is 2. The van der Waals surface area contributed by atoms with Crippen LogP contribution in [0.4, 0.5) is 0 Å². The summed E-state index contributed by atoms with van der Waals surface area (Å²) in [6.07, 6.45) is 2.91. The van der Waals surface area contributed by atoms with Crippen LogP contribution in [0.15, 0.2) is 0 Å². The third kappa shape index (κ3) is 4.75. The quantitative estimate of drug-likeness (QED) is 0.690. The van der Waals surface area contributed by atoms with E-state index in [9.17, 15) is 18.0 Å². The Bertz CT molecular complexity index is 462. The average Bonchev–Trinajstić information content (AvgIpc) is 2.82. The number of nitrogens with one attached hydrogen (secondary N) is 1. The van der Waals surface area contributed by atoms with Crippen LogP contribution in [0.3, 0.4) is 0 Å². The lowest BCUT2D eigenvalue weighted by molar-refractivity contribution is -0.138. The molecule has 0 aromatic carbocycles. The topological polar surface area (TPSA) is 104 Å². The number of carbonyl (C=O) groups excluding carboxylic acids is 1. The van der Waals surface area contributed by atoms with E-state index < -0.39 is 22.0 Å². The van der Waals surface area contributed by atoms with Crippen molar-refractivity contribution in [1.29, 1.82) is 0 Å².